The highest BCUT2D eigenvalue weighted by molar-refractivity contribution is 6.03. The molecule has 2 nitrogen and oxygen atoms in total. The second-order valence-electron chi connectivity index (χ2n) is 9.19. The lowest BCUT2D eigenvalue weighted by atomic mass is 9.91. The topological polar surface area (TPSA) is 24.9 Å². The minimum Gasteiger partial charge on any atom is -0.381 e. The number of nitrogens with zero attached hydrogens (tertiary/aromatic N) is 1. The van der Waals surface area contributed by atoms with Crippen molar-refractivity contribution in [2.75, 3.05) is 5.32 Å². The van der Waals surface area contributed by atoms with E-state index in [2.05, 4.69) is 34.6 Å². The van der Waals surface area contributed by atoms with Gasteiger partial charge in [-0.2, -0.15) is 13.2 Å². The number of rotatable bonds is 5. The van der Waals surface area contributed by atoms with Crippen molar-refractivity contribution >= 4 is 27.4 Å². The first kappa shape index (κ1) is 23.7. The molecule has 1 aromatic heterocycles. The van der Waals surface area contributed by atoms with Gasteiger partial charge in [-0.3, -0.25) is 4.98 Å². The molecule has 38 heavy (non-hydrogen) atoms. The molecule has 0 saturated heterocycles. The van der Waals surface area contributed by atoms with Gasteiger partial charge in [-0.25, -0.2) is 0 Å². The minimum atomic E-state index is -4.50. The summed E-state index contributed by atoms with van der Waals surface area (Å²) in [5.74, 6) is 0. The third-order valence-electron chi connectivity index (χ3n) is 6.80. The third-order valence-corrected chi connectivity index (χ3v) is 6.80. The van der Waals surface area contributed by atoms with Gasteiger partial charge >= 0.3 is 6.18 Å². The van der Waals surface area contributed by atoms with Crippen LogP contribution in [0.2, 0.25) is 0 Å². The Balaban J connectivity index is 1.46. The van der Waals surface area contributed by atoms with Gasteiger partial charge in [-0.15, -0.1) is 0 Å². The lowest BCUT2D eigenvalue weighted by Crippen LogP contribution is -2.07. The van der Waals surface area contributed by atoms with E-state index in [0.29, 0.717) is 11.9 Å². The number of hydrogen-bond donors (Lipinski definition) is 1. The molecule has 1 N–H and O–H groups in total. The van der Waals surface area contributed by atoms with Gasteiger partial charge in [0.15, 0.2) is 0 Å². The van der Waals surface area contributed by atoms with Crippen LogP contribution in [0.1, 0.15) is 11.1 Å². The van der Waals surface area contributed by atoms with Gasteiger partial charge in [-0.1, -0.05) is 97.1 Å². The molecule has 6 aromatic rings. The average molecular weight is 505 g/mol. The normalized spacial score (nSPS) is 11.7. The highest BCUT2D eigenvalue weighted by atomic mass is 19.4. The van der Waals surface area contributed by atoms with E-state index < -0.39 is 11.7 Å². The second-order valence-corrected chi connectivity index (χ2v) is 9.19. The second kappa shape index (κ2) is 9.67. The van der Waals surface area contributed by atoms with Gasteiger partial charge in [0, 0.05) is 34.9 Å². The van der Waals surface area contributed by atoms with Crippen molar-refractivity contribution in [3.8, 4) is 22.3 Å². The fourth-order valence-corrected chi connectivity index (χ4v) is 5.03. The third kappa shape index (κ3) is 4.48. The Morgan fingerprint density at radius 1 is 0.658 bits per heavy atom. The van der Waals surface area contributed by atoms with E-state index in [1.807, 2.05) is 72.8 Å². The average Bonchev–Trinajstić information content (AvgIpc) is 2.95. The van der Waals surface area contributed by atoms with Gasteiger partial charge in [0.1, 0.15) is 0 Å². The fourth-order valence-electron chi connectivity index (χ4n) is 5.03. The zero-order valence-corrected chi connectivity index (χ0v) is 20.3. The molecule has 186 valence electrons. The molecule has 0 spiro atoms. The number of nitrogens with one attached hydrogen (secondary N) is 1. The molecule has 5 aromatic carbocycles. The zero-order chi connectivity index (χ0) is 26.1. The molecule has 0 atom stereocenters. The number of aromatic nitrogens is 1. The highest BCUT2D eigenvalue weighted by Gasteiger charge is 2.33. The SMILES string of the molecule is FC(F)(F)c1cccc2c(-c3cccc(NCc4cccc5ccccc45)c3)c(-c3ccccc3)cnc12. The van der Waals surface area contributed by atoms with E-state index in [0.717, 1.165) is 34.0 Å². The standard InChI is InChI=1S/C33H23F3N2/c34-33(35,36)30-18-8-17-28-31(29(21-38-32(28)30)23-9-2-1-3-10-23)24-13-7-15-26(19-24)37-20-25-14-6-12-22-11-4-5-16-27(22)25/h1-19,21,37H,20H2. The predicted octanol–water partition coefficient (Wildman–Crippen LogP) is 9.35. The lowest BCUT2D eigenvalue weighted by Gasteiger charge is -2.17. The molecule has 0 saturated carbocycles. The van der Waals surface area contributed by atoms with Crippen LogP contribution in [-0.2, 0) is 12.7 Å². The van der Waals surface area contributed by atoms with Crippen LogP contribution in [-0.4, -0.2) is 4.98 Å². The van der Waals surface area contributed by atoms with Crippen LogP contribution >= 0.6 is 0 Å². The van der Waals surface area contributed by atoms with E-state index in [1.54, 1.807) is 12.3 Å². The number of fused-ring (bicyclic) bond motifs is 2. The molecule has 0 aliphatic carbocycles. The summed E-state index contributed by atoms with van der Waals surface area (Å²) in [6, 6.07) is 36.2. The quantitative estimate of drug-likeness (QED) is 0.253. The molecule has 0 amide bonds. The van der Waals surface area contributed by atoms with E-state index in [4.69, 9.17) is 0 Å². The maximum atomic E-state index is 13.9. The molecule has 1 heterocycles. The molecular formula is C33H23F3N2. The summed E-state index contributed by atoms with van der Waals surface area (Å²) in [5, 5.41) is 6.34. The highest BCUT2D eigenvalue weighted by Crippen LogP contribution is 2.41. The summed E-state index contributed by atoms with van der Waals surface area (Å²) >= 11 is 0. The monoisotopic (exact) mass is 504 g/mol. The van der Waals surface area contributed by atoms with Crippen LogP contribution in [0.25, 0.3) is 43.9 Å². The molecule has 0 aliphatic rings. The summed E-state index contributed by atoms with van der Waals surface area (Å²) in [7, 11) is 0. The van der Waals surface area contributed by atoms with Crippen LogP contribution in [0, 0.1) is 0 Å². The molecule has 0 unspecified atom stereocenters. The number of pyridine rings is 1. The largest absolute Gasteiger partial charge is 0.418 e. The van der Waals surface area contributed by atoms with Gasteiger partial charge in [0.2, 0.25) is 0 Å². The summed E-state index contributed by atoms with van der Waals surface area (Å²) in [5.41, 5.74) is 4.48. The maximum Gasteiger partial charge on any atom is 0.418 e. The van der Waals surface area contributed by atoms with E-state index >= 15 is 0 Å². The van der Waals surface area contributed by atoms with Crippen molar-refractivity contribution in [3.05, 3.63) is 133 Å². The number of anilines is 1. The van der Waals surface area contributed by atoms with Crippen LogP contribution in [0.15, 0.2) is 121 Å². The fraction of sp³-hybridized carbons (Fsp3) is 0.0606. The number of para-hydroxylation sites is 1. The summed E-state index contributed by atoms with van der Waals surface area (Å²) in [4.78, 5) is 4.30. The smallest absolute Gasteiger partial charge is 0.381 e. The molecule has 6 rings (SSSR count). The zero-order valence-electron chi connectivity index (χ0n) is 20.3. The Morgan fingerprint density at radius 3 is 2.18 bits per heavy atom. The minimum absolute atomic E-state index is 0.0520. The molecule has 0 fully saturated rings. The number of halogens is 3. The number of benzene rings is 5. The Morgan fingerprint density at radius 2 is 1.34 bits per heavy atom. The Hall–Kier alpha value is -4.64. The maximum absolute atomic E-state index is 13.9. The van der Waals surface area contributed by atoms with Crippen molar-refractivity contribution in [2.24, 2.45) is 0 Å². The van der Waals surface area contributed by atoms with E-state index in [1.165, 1.54) is 22.4 Å². The van der Waals surface area contributed by atoms with Gasteiger partial charge in [0.25, 0.3) is 0 Å². The van der Waals surface area contributed by atoms with Crippen LogP contribution < -0.4 is 5.32 Å². The van der Waals surface area contributed by atoms with Crippen LogP contribution in [0.5, 0.6) is 0 Å². The molecule has 0 bridgehead atoms. The lowest BCUT2D eigenvalue weighted by molar-refractivity contribution is -0.136. The van der Waals surface area contributed by atoms with Gasteiger partial charge < -0.3 is 5.32 Å². The summed E-state index contributed by atoms with van der Waals surface area (Å²) in [6.07, 6.45) is -2.95. The number of hydrogen-bond acceptors (Lipinski definition) is 2. The molecule has 0 aliphatic heterocycles. The van der Waals surface area contributed by atoms with Gasteiger partial charge in [-0.05, 0) is 45.7 Å². The molecule has 0 radical (unpaired) electrons. The predicted molar refractivity (Wildman–Crippen MR) is 149 cm³/mol. The van der Waals surface area contributed by atoms with Crippen molar-refractivity contribution in [3.63, 3.8) is 0 Å². The first-order valence-electron chi connectivity index (χ1n) is 12.3. The Kier molecular flexibility index (Phi) is 6.04. The number of alkyl halides is 3. The first-order chi connectivity index (χ1) is 18.5. The van der Waals surface area contributed by atoms with Crippen molar-refractivity contribution < 1.29 is 13.2 Å². The van der Waals surface area contributed by atoms with Crippen molar-refractivity contribution in [2.45, 2.75) is 12.7 Å². The summed E-state index contributed by atoms with van der Waals surface area (Å²) < 4.78 is 41.6. The van der Waals surface area contributed by atoms with Crippen molar-refractivity contribution in [1.29, 1.82) is 0 Å². The molecule has 5 heteroatoms. The molecular weight excluding hydrogens is 481 g/mol. The first-order valence-corrected chi connectivity index (χ1v) is 12.3. The van der Waals surface area contributed by atoms with E-state index in [9.17, 15) is 13.2 Å². The van der Waals surface area contributed by atoms with Crippen molar-refractivity contribution in [1.82, 2.24) is 4.98 Å². The van der Waals surface area contributed by atoms with Crippen LogP contribution in [0.4, 0.5) is 18.9 Å². The summed E-state index contributed by atoms with van der Waals surface area (Å²) in [6.45, 7) is 0.617. The Labute approximate surface area is 218 Å². The van der Waals surface area contributed by atoms with Crippen LogP contribution in [0.3, 0.4) is 0 Å². The Bertz CT molecular complexity index is 1750. The van der Waals surface area contributed by atoms with E-state index in [-0.39, 0.29) is 5.52 Å². The van der Waals surface area contributed by atoms with Gasteiger partial charge in [0.05, 0.1) is 11.1 Å².